The minimum atomic E-state index is -0.361. The van der Waals surface area contributed by atoms with Crippen LogP contribution in [0, 0.1) is 5.82 Å². The lowest BCUT2D eigenvalue weighted by Gasteiger charge is -2.08. The Morgan fingerprint density at radius 1 is 1.25 bits per heavy atom. The summed E-state index contributed by atoms with van der Waals surface area (Å²) in [6.45, 7) is 1.48. The lowest BCUT2D eigenvalue weighted by Crippen LogP contribution is -2.06. The minimum Gasteiger partial charge on any atom is -0.494 e. The molecular weight excluding hydrogens is 357 g/mol. The number of aromatic nitrogens is 3. The number of anilines is 1. The molecular formula is C21H20FN5O. The van der Waals surface area contributed by atoms with Crippen LogP contribution in [0.25, 0.3) is 10.9 Å². The predicted octanol–water partition coefficient (Wildman–Crippen LogP) is 4.46. The van der Waals surface area contributed by atoms with Crippen molar-refractivity contribution in [2.24, 2.45) is 4.99 Å². The van der Waals surface area contributed by atoms with Crippen molar-refractivity contribution in [1.29, 1.82) is 0 Å². The highest BCUT2D eigenvalue weighted by molar-refractivity contribution is 6.02. The molecule has 0 saturated heterocycles. The van der Waals surface area contributed by atoms with Gasteiger partial charge < -0.3 is 20.0 Å². The number of nitrogens with one attached hydrogen (secondary N) is 2. The topological polar surface area (TPSA) is 78.2 Å². The molecule has 6 nitrogen and oxygen atoms in total. The van der Waals surface area contributed by atoms with Gasteiger partial charge in [0.05, 0.1) is 23.3 Å². The second-order valence-electron chi connectivity index (χ2n) is 6.44. The summed E-state index contributed by atoms with van der Waals surface area (Å²) < 4.78 is 16.3. The molecule has 2 heterocycles. The van der Waals surface area contributed by atoms with E-state index >= 15 is 0 Å². The number of hydrogen-bond acceptors (Lipinski definition) is 4. The first-order valence-electron chi connectivity index (χ1n) is 9.03. The highest BCUT2D eigenvalue weighted by Gasteiger charge is 2.08. The van der Waals surface area contributed by atoms with Gasteiger partial charge in [0.15, 0.2) is 5.88 Å². The van der Waals surface area contributed by atoms with E-state index in [1.54, 1.807) is 30.9 Å². The summed E-state index contributed by atoms with van der Waals surface area (Å²) in [5, 5.41) is 14.0. The number of fused-ring (bicyclic) bond motifs is 1. The van der Waals surface area contributed by atoms with Gasteiger partial charge in [0, 0.05) is 48.7 Å². The van der Waals surface area contributed by atoms with Gasteiger partial charge in [0.2, 0.25) is 0 Å². The molecule has 2 aromatic heterocycles. The first kappa shape index (κ1) is 17.8. The molecule has 2 aromatic carbocycles. The van der Waals surface area contributed by atoms with Crippen molar-refractivity contribution in [3.8, 4) is 5.88 Å². The number of aromatic hydroxyl groups is 1. The number of H-pyrrole nitrogens is 1. The lowest BCUT2D eigenvalue weighted by molar-refractivity contribution is 0.457. The van der Waals surface area contributed by atoms with Crippen molar-refractivity contribution < 1.29 is 9.50 Å². The molecule has 0 aliphatic carbocycles. The third-order valence-corrected chi connectivity index (χ3v) is 4.49. The monoisotopic (exact) mass is 377 g/mol. The number of nitrogens with zero attached hydrogens (tertiary/aromatic N) is 3. The second kappa shape index (κ2) is 7.96. The van der Waals surface area contributed by atoms with E-state index in [0.29, 0.717) is 23.5 Å². The van der Waals surface area contributed by atoms with Crippen LogP contribution in [0.2, 0.25) is 0 Å². The summed E-state index contributed by atoms with van der Waals surface area (Å²) in [4.78, 5) is 11.2. The first-order valence-corrected chi connectivity index (χ1v) is 9.03. The fraction of sp³-hybridized carbons (Fsp3) is 0.143. The molecule has 0 aliphatic rings. The summed E-state index contributed by atoms with van der Waals surface area (Å²) in [5.74, 6) is -0.318. The molecule has 0 amide bonds. The average Bonchev–Trinajstić information content (AvgIpc) is 3.32. The smallest absolute Gasteiger partial charge is 0.198 e. The molecule has 0 saturated carbocycles. The van der Waals surface area contributed by atoms with E-state index in [2.05, 4.69) is 20.3 Å². The fourth-order valence-electron chi connectivity index (χ4n) is 3.05. The summed E-state index contributed by atoms with van der Waals surface area (Å²) >= 11 is 0. The Hall–Kier alpha value is -3.61. The van der Waals surface area contributed by atoms with Crippen molar-refractivity contribution in [1.82, 2.24) is 14.5 Å². The Morgan fingerprint density at radius 3 is 2.96 bits per heavy atom. The van der Waals surface area contributed by atoms with Gasteiger partial charge in [-0.1, -0.05) is 18.2 Å². The molecule has 4 rings (SSSR count). The van der Waals surface area contributed by atoms with Crippen LogP contribution in [0.5, 0.6) is 5.88 Å². The average molecular weight is 377 g/mol. The molecule has 0 atom stereocenters. The number of aromatic amines is 1. The van der Waals surface area contributed by atoms with Gasteiger partial charge in [-0.25, -0.2) is 9.37 Å². The van der Waals surface area contributed by atoms with Crippen molar-refractivity contribution in [2.75, 3.05) is 11.9 Å². The van der Waals surface area contributed by atoms with E-state index in [4.69, 9.17) is 0 Å². The lowest BCUT2D eigenvalue weighted by atomic mass is 10.2. The predicted molar refractivity (Wildman–Crippen MR) is 109 cm³/mol. The molecule has 0 fully saturated rings. The zero-order valence-electron chi connectivity index (χ0n) is 15.1. The molecule has 28 heavy (non-hydrogen) atoms. The van der Waals surface area contributed by atoms with Gasteiger partial charge in [-0.2, -0.15) is 0 Å². The van der Waals surface area contributed by atoms with Crippen molar-refractivity contribution >= 4 is 28.5 Å². The molecule has 4 aromatic rings. The number of aliphatic imine (C=N–C) groups is 1. The molecule has 142 valence electrons. The van der Waals surface area contributed by atoms with Gasteiger partial charge in [0.1, 0.15) is 5.82 Å². The quantitative estimate of drug-likeness (QED) is 0.329. The van der Waals surface area contributed by atoms with E-state index < -0.39 is 0 Å². The zero-order valence-corrected chi connectivity index (χ0v) is 15.1. The molecule has 0 radical (unpaired) electrons. The van der Waals surface area contributed by atoms with Gasteiger partial charge in [0.25, 0.3) is 0 Å². The maximum Gasteiger partial charge on any atom is 0.198 e. The number of halogens is 1. The van der Waals surface area contributed by atoms with Crippen LogP contribution in [0.15, 0.2) is 66.2 Å². The minimum absolute atomic E-state index is 0.0431. The number of imidazole rings is 1. The van der Waals surface area contributed by atoms with E-state index in [9.17, 15) is 9.50 Å². The van der Waals surface area contributed by atoms with Crippen LogP contribution < -0.4 is 5.32 Å². The van der Waals surface area contributed by atoms with Gasteiger partial charge in [-0.05, 0) is 24.6 Å². The number of rotatable bonds is 7. The summed E-state index contributed by atoms with van der Waals surface area (Å²) in [5.41, 5.74) is 2.33. The number of para-hydroxylation sites is 1. The van der Waals surface area contributed by atoms with Crippen LogP contribution in [0.3, 0.4) is 0 Å². The van der Waals surface area contributed by atoms with Gasteiger partial charge >= 0.3 is 0 Å². The van der Waals surface area contributed by atoms with Crippen LogP contribution in [-0.2, 0) is 6.54 Å². The standard InChI is InChI=1S/C21H20FN5O/c22-18-12-15(6-7-20(18)24-8-3-10-27-11-9-23-14-27)25-13-17-16-4-1-2-5-19(16)26-21(17)28/h1-2,4-7,9,11-14,24,26,28H,3,8,10H2. The molecule has 0 aliphatic heterocycles. The van der Waals surface area contributed by atoms with E-state index in [1.807, 2.05) is 35.0 Å². The van der Waals surface area contributed by atoms with Crippen molar-refractivity contribution in [3.05, 3.63) is 72.6 Å². The van der Waals surface area contributed by atoms with Crippen LogP contribution in [0.4, 0.5) is 15.8 Å². The summed E-state index contributed by atoms with van der Waals surface area (Å²) in [6.07, 6.45) is 7.80. The van der Waals surface area contributed by atoms with Gasteiger partial charge in [-0.15, -0.1) is 0 Å². The van der Waals surface area contributed by atoms with Gasteiger partial charge in [-0.3, -0.25) is 4.99 Å². The Bertz CT molecular complexity index is 1100. The molecule has 7 heteroatoms. The molecule has 3 N–H and O–H groups in total. The second-order valence-corrected chi connectivity index (χ2v) is 6.44. The van der Waals surface area contributed by atoms with Crippen molar-refractivity contribution in [2.45, 2.75) is 13.0 Å². The largest absolute Gasteiger partial charge is 0.494 e. The molecule has 0 spiro atoms. The number of hydrogen-bond donors (Lipinski definition) is 3. The van der Waals surface area contributed by atoms with Crippen LogP contribution in [0.1, 0.15) is 12.0 Å². The highest BCUT2D eigenvalue weighted by Crippen LogP contribution is 2.27. The van der Waals surface area contributed by atoms with Crippen LogP contribution in [-0.4, -0.2) is 32.4 Å². The van der Waals surface area contributed by atoms with E-state index in [-0.39, 0.29) is 11.7 Å². The number of aryl methyl sites for hydroxylation is 1. The Labute approximate surface area is 161 Å². The van der Waals surface area contributed by atoms with Crippen LogP contribution >= 0.6 is 0 Å². The Balaban J connectivity index is 1.41. The maximum atomic E-state index is 14.3. The molecule has 0 unspecified atom stereocenters. The van der Waals surface area contributed by atoms with E-state index in [1.165, 1.54) is 6.07 Å². The summed E-state index contributed by atoms with van der Waals surface area (Å²) in [6, 6.07) is 12.3. The fourth-order valence-corrected chi connectivity index (χ4v) is 3.05. The van der Waals surface area contributed by atoms with Crippen molar-refractivity contribution in [3.63, 3.8) is 0 Å². The third-order valence-electron chi connectivity index (χ3n) is 4.49. The highest BCUT2D eigenvalue weighted by atomic mass is 19.1. The summed E-state index contributed by atoms with van der Waals surface area (Å²) in [7, 11) is 0. The molecule has 0 bridgehead atoms. The Morgan fingerprint density at radius 2 is 2.14 bits per heavy atom. The normalized spacial score (nSPS) is 11.5. The Kier molecular flexibility index (Phi) is 5.05. The zero-order chi connectivity index (χ0) is 19.3. The SMILES string of the molecule is Oc1[nH]c2ccccc2c1C=Nc1ccc(NCCCn2ccnc2)c(F)c1. The van der Waals surface area contributed by atoms with E-state index in [0.717, 1.165) is 23.9 Å². The first-order chi connectivity index (χ1) is 13.7. The number of benzene rings is 2. The maximum absolute atomic E-state index is 14.3. The third kappa shape index (κ3) is 3.88.